The monoisotopic (exact) mass is 586 g/mol. The van der Waals surface area contributed by atoms with Crippen LogP contribution in [0.3, 0.4) is 0 Å². The summed E-state index contributed by atoms with van der Waals surface area (Å²) >= 11 is 2.37. The van der Waals surface area contributed by atoms with Crippen LogP contribution in [0.2, 0.25) is 0 Å². The van der Waals surface area contributed by atoms with E-state index in [4.69, 9.17) is 15.2 Å². The Balaban J connectivity index is 1.54. The maximum absolute atomic E-state index is 13.2. The molecule has 1 fully saturated rings. The molecule has 2 aromatic rings. The molecule has 0 radical (unpaired) electrons. The van der Waals surface area contributed by atoms with Gasteiger partial charge in [-0.1, -0.05) is 23.4 Å². The molecule has 0 aliphatic carbocycles. The molecule has 0 spiro atoms. The van der Waals surface area contributed by atoms with Gasteiger partial charge >= 0.3 is 11.9 Å². The molecule has 2 aliphatic heterocycles. The normalized spacial score (nSPS) is 19.2. The zero-order chi connectivity index (χ0) is 29.0. The molecule has 4 heterocycles. The van der Waals surface area contributed by atoms with Crippen molar-refractivity contribution in [2.75, 3.05) is 18.3 Å². The molecule has 2 aromatic heterocycles. The van der Waals surface area contributed by atoms with Crippen LogP contribution in [0.1, 0.15) is 32.0 Å². The highest BCUT2D eigenvalue weighted by molar-refractivity contribution is 8.00. The van der Waals surface area contributed by atoms with Crippen molar-refractivity contribution in [2.45, 2.75) is 32.2 Å². The highest BCUT2D eigenvalue weighted by Gasteiger charge is 2.54. The van der Waals surface area contributed by atoms with Crippen molar-refractivity contribution in [3.63, 3.8) is 0 Å². The van der Waals surface area contributed by atoms with Gasteiger partial charge in [-0.25, -0.2) is 9.78 Å². The van der Waals surface area contributed by atoms with Crippen LogP contribution in [-0.2, 0) is 28.7 Å². The Kier molecular flexibility index (Phi) is 8.54. The number of nitrogens with two attached hydrogens (primary N) is 1. The molecule has 2 amide bonds. The van der Waals surface area contributed by atoms with Gasteiger partial charge in [0.1, 0.15) is 22.8 Å². The highest BCUT2D eigenvalue weighted by atomic mass is 32.2. The number of nitrogens with one attached hydrogen (secondary N) is 1. The number of hydrogen-bond donors (Lipinski definition) is 3. The van der Waals surface area contributed by atoms with Gasteiger partial charge in [-0.2, -0.15) is 0 Å². The summed E-state index contributed by atoms with van der Waals surface area (Å²) in [5.74, 6) is -2.55. The van der Waals surface area contributed by atoms with Gasteiger partial charge in [0, 0.05) is 23.5 Å². The second kappa shape index (κ2) is 11.9. The number of allylic oxidation sites excluding steroid dienone is 1. The molecule has 4 N–H and O–H groups in total. The zero-order valence-corrected chi connectivity index (χ0v) is 23.3. The van der Waals surface area contributed by atoms with Crippen LogP contribution in [0.4, 0.5) is 5.13 Å². The summed E-state index contributed by atoms with van der Waals surface area (Å²) < 4.78 is 10.3. The van der Waals surface area contributed by atoms with Crippen molar-refractivity contribution < 1.29 is 33.9 Å². The third-order valence-corrected chi connectivity index (χ3v) is 7.69. The highest BCUT2D eigenvalue weighted by Crippen LogP contribution is 2.41. The lowest BCUT2D eigenvalue weighted by Crippen LogP contribution is -2.71. The number of pyridine rings is 1. The van der Waals surface area contributed by atoms with Crippen molar-refractivity contribution in [3.05, 3.63) is 58.5 Å². The lowest BCUT2D eigenvalue weighted by Gasteiger charge is -2.49. The molecule has 1 saturated heterocycles. The number of amides is 2. The average molecular weight is 587 g/mol. The van der Waals surface area contributed by atoms with Crippen molar-refractivity contribution in [3.8, 4) is 0 Å². The number of nitrogen functional groups attached to an aromatic ring is 1. The number of carbonyl (C=O) groups is 4. The van der Waals surface area contributed by atoms with E-state index in [9.17, 15) is 24.4 Å². The van der Waals surface area contributed by atoms with Crippen molar-refractivity contribution in [1.29, 1.82) is 0 Å². The van der Waals surface area contributed by atoms with E-state index < -0.39 is 53.1 Å². The Morgan fingerprint density at radius 2 is 2.08 bits per heavy atom. The fraction of sp³-hybridized carbons (Fsp3) is 0.320. The molecular weight excluding hydrogens is 560 g/mol. The Labute approximate surface area is 237 Å². The molecule has 0 saturated carbocycles. The number of carbonyl (C=O) groups excluding carboxylic acids is 4. The lowest BCUT2D eigenvalue weighted by atomic mass is 9.98. The fourth-order valence-electron chi connectivity index (χ4n) is 3.67. The minimum atomic E-state index is -1.02. The first kappa shape index (κ1) is 28.8. The number of thiazole rings is 1. The SMILES string of the molecule is CC(C)(C)C(=O)OCOC(=O)C1=C(/C=C/c2cccnc2)CS[C@H]2[C@H](NC(=O)C(=NO)c3csc(N)n3)C(=O)N12. The molecule has 40 heavy (non-hydrogen) atoms. The van der Waals surface area contributed by atoms with Crippen molar-refractivity contribution in [1.82, 2.24) is 20.2 Å². The summed E-state index contributed by atoms with van der Waals surface area (Å²) in [5, 5.41) is 15.9. The summed E-state index contributed by atoms with van der Waals surface area (Å²) in [6, 6.07) is 2.56. The molecule has 0 bridgehead atoms. The summed E-state index contributed by atoms with van der Waals surface area (Å²) in [5.41, 5.74) is 5.68. The van der Waals surface area contributed by atoms with Gasteiger partial charge in [-0.3, -0.25) is 24.3 Å². The minimum Gasteiger partial charge on any atom is -0.427 e. The number of anilines is 1. The topological polar surface area (TPSA) is 186 Å². The van der Waals surface area contributed by atoms with E-state index in [1.54, 1.807) is 51.4 Å². The Morgan fingerprint density at radius 1 is 1.30 bits per heavy atom. The fourth-order valence-corrected chi connectivity index (χ4v) is 5.54. The van der Waals surface area contributed by atoms with Crippen LogP contribution in [0, 0.1) is 5.41 Å². The summed E-state index contributed by atoms with van der Waals surface area (Å²) in [7, 11) is 0. The minimum absolute atomic E-state index is 0.0329. The Hall–Kier alpha value is -4.24. The maximum atomic E-state index is 13.2. The molecule has 0 aromatic carbocycles. The number of oxime groups is 1. The van der Waals surface area contributed by atoms with Crippen molar-refractivity contribution >= 4 is 63.8 Å². The van der Waals surface area contributed by atoms with Gasteiger partial charge in [-0.05, 0) is 38.0 Å². The summed E-state index contributed by atoms with van der Waals surface area (Å²) in [4.78, 5) is 60.5. The third kappa shape index (κ3) is 6.15. The van der Waals surface area contributed by atoms with Crippen LogP contribution in [-0.4, -0.2) is 73.5 Å². The largest absolute Gasteiger partial charge is 0.427 e. The molecule has 13 nitrogen and oxygen atoms in total. The molecule has 210 valence electrons. The number of β-lactam (4-membered cyclic amide) rings is 1. The standard InChI is InChI=1S/C25H26N6O7S2/c1-25(2,3)23(35)38-12-37-22(34)18-14(7-6-13-5-4-8-27-9-13)10-39-21-17(20(33)31(18)21)29-19(32)16(30-36)15-11-40-24(26)28-15/h4-9,11,17,21,36H,10,12H2,1-3H3,(H2,26,28)(H,29,32)/b7-6+,30-16?/t17-,21+/m1/s1. The first-order chi connectivity index (χ1) is 19.0. The van der Waals surface area contributed by atoms with Gasteiger partial charge in [0.15, 0.2) is 10.8 Å². The van der Waals surface area contributed by atoms with E-state index >= 15 is 0 Å². The van der Waals surface area contributed by atoms with Crippen molar-refractivity contribution in [2.24, 2.45) is 10.6 Å². The van der Waals surface area contributed by atoms with Crippen LogP contribution in [0.15, 0.2) is 52.4 Å². The second-order valence-corrected chi connectivity index (χ2v) is 11.6. The molecule has 4 rings (SSSR count). The van der Waals surface area contributed by atoms with Crippen LogP contribution < -0.4 is 11.1 Å². The first-order valence-electron chi connectivity index (χ1n) is 11.9. The number of thioether (sulfide) groups is 1. The van der Waals surface area contributed by atoms with Crippen LogP contribution in [0.25, 0.3) is 6.08 Å². The average Bonchev–Trinajstić information content (AvgIpc) is 3.35. The van der Waals surface area contributed by atoms with E-state index in [0.29, 0.717) is 11.3 Å². The number of rotatable bonds is 8. The van der Waals surface area contributed by atoms with Crippen LogP contribution >= 0.6 is 23.1 Å². The summed E-state index contributed by atoms with van der Waals surface area (Å²) in [6.45, 7) is 4.35. The third-order valence-electron chi connectivity index (χ3n) is 5.71. The molecule has 2 aliphatic rings. The van der Waals surface area contributed by atoms with Gasteiger partial charge < -0.3 is 25.7 Å². The van der Waals surface area contributed by atoms with Gasteiger partial charge in [0.2, 0.25) is 6.79 Å². The van der Waals surface area contributed by atoms with Crippen LogP contribution in [0.5, 0.6) is 0 Å². The lowest BCUT2D eigenvalue weighted by molar-refractivity contribution is -0.173. The molecule has 15 heteroatoms. The first-order valence-corrected chi connectivity index (χ1v) is 13.8. The van der Waals surface area contributed by atoms with Gasteiger partial charge in [-0.15, -0.1) is 23.1 Å². The zero-order valence-electron chi connectivity index (χ0n) is 21.7. The molecular formula is C25H26N6O7S2. The van der Waals surface area contributed by atoms with E-state index in [1.165, 1.54) is 22.0 Å². The second-order valence-electron chi connectivity index (χ2n) is 9.61. The number of hydrogen-bond acceptors (Lipinski definition) is 13. The number of fused-ring (bicyclic) bond motifs is 1. The predicted octanol–water partition coefficient (Wildman–Crippen LogP) is 1.76. The van der Waals surface area contributed by atoms with E-state index in [-0.39, 0.29) is 16.5 Å². The smallest absolute Gasteiger partial charge is 0.358 e. The van der Waals surface area contributed by atoms with E-state index in [2.05, 4.69) is 20.4 Å². The Morgan fingerprint density at radius 3 is 2.70 bits per heavy atom. The summed E-state index contributed by atoms with van der Waals surface area (Å²) in [6.07, 6.45) is 6.68. The Bertz CT molecular complexity index is 1410. The quantitative estimate of drug-likeness (QED) is 0.102. The number of ether oxygens (including phenoxy) is 2. The van der Waals surface area contributed by atoms with Gasteiger partial charge in [0.05, 0.1) is 5.41 Å². The number of esters is 2. The predicted molar refractivity (Wildman–Crippen MR) is 147 cm³/mol. The van der Waals surface area contributed by atoms with Gasteiger partial charge in [0.25, 0.3) is 11.8 Å². The molecule has 0 unspecified atom stereocenters. The van der Waals surface area contributed by atoms with E-state index in [0.717, 1.165) is 16.9 Å². The number of nitrogens with zero attached hydrogens (tertiary/aromatic N) is 4. The maximum Gasteiger partial charge on any atom is 0.358 e. The van der Waals surface area contributed by atoms with E-state index in [1.807, 2.05) is 6.07 Å². The number of aromatic nitrogens is 2. The molecule has 2 atom stereocenters.